The summed E-state index contributed by atoms with van der Waals surface area (Å²) in [5.74, 6) is -0.525. The van der Waals surface area contributed by atoms with Gasteiger partial charge in [0.1, 0.15) is 23.5 Å². The third-order valence-electron chi connectivity index (χ3n) is 6.48. The molecule has 0 amide bonds. The van der Waals surface area contributed by atoms with Crippen molar-refractivity contribution in [2.24, 2.45) is 7.05 Å². The first-order valence-electron chi connectivity index (χ1n) is 11.6. The van der Waals surface area contributed by atoms with E-state index >= 15 is 0 Å². The van der Waals surface area contributed by atoms with Crippen LogP contribution in [0.5, 0.6) is 0 Å². The van der Waals surface area contributed by atoms with Crippen molar-refractivity contribution in [2.75, 3.05) is 0 Å². The number of fused-ring (bicyclic) bond motifs is 1. The predicted molar refractivity (Wildman–Crippen MR) is 135 cm³/mol. The minimum Gasteiger partial charge on any atom is -0.337 e. The third-order valence-corrected chi connectivity index (χ3v) is 6.48. The lowest BCUT2D eigenvalue weighted by Gasteiger charge is -2.21. The standard InChI is InChI=1S/C29H19F3N6/c1-17-10-20(26(24-15-35-16-38(24)2)19-8-9-25(36-14-19)29(30,31)32)11-21-22(12-33)27(18-6-4-3-5-7-18)23(13-34)37-28(17)21/h3-11,14-16,26H,1-2H3. The number of aromatic nitrogens is 4. The van der Waals surface area contributed by atoms with Crippen LogP contribution in [0, 0.1) is 29.6 Å². The van der Waals surface area contributed by atoms with Gasteiger partial charge in [-0.25, -0.2) is 9.97 Å². The number of pyridine rings is 2. The molecule has 0 spiro atoms. The van der Waals surface area contributed by atoms with Crippen LogP contribution in [-0.4, -0.2) is 19.5 Å². The molecule has 1 unspecified atom stereocenters. The summed E-state index contributed by atoms with van der Waals surface area (Å²) in [4.78, 5) is 12.5. The van der Waals surface area contributed by atoms with E-state index in [2.05, 4.69) is 27.1 Å². The minimum absolute atomic E-state index is 0.145. The fraction of sp³-hybridized carbons (Fsp3) is 0.138. The van der Waals surface area contributed by atoms with Gasteiger partial charge in [-0.3, -0.25) is 4.98 Å². The van der Waals surface area contributed by atoms with E-state index < -0.39 is 17.8 Å². The summed E-state index contributed by atoms with van der Waals surface area (Å²) in [5.41, 5.74) is 3.81. The van der Waals surface area contributed by atoms with Crippen LogP contribution in [0.25, 0.3) is 22.0 Å². The zero-order chi connectivity index (χ0) is 27.0. The van der Waals surface area contributed by atoms with Crippen LogP contribution < -0.4 is 0 Å². The predicted octanol–water partition coefficient (Wildman–Crippen LogP) is 6.28. The van der Waals surface area contributed by atoms with Gasteiger partial charge in [0, 0.05) is 36.1 Å². The van der Waals surface area contributed by atoms with Gasteiger partial charge in [0.2, 0.25) is 0 Å². The Morgan fingerprint density at radius 2 is 1.71 bits per heavy atom. The maximum Gasteiger partial charge on any atom is 0.433 e. The molecule has 0 saturated heterocycles. The normalized spacial score (nSPS) is 12.2. The molecule has 186 valence electrons. The van der Waals surface area contributed by atoms with Crippen LogP contribution in [0.15, 0.2) is 73.3 Å². The van der Waals surface area contributed by atoms with E-state index in [1.54, 1.807) is 24.1 Å². The molecule has 9 heteroatoms. The summed E-state index contributed by atoms with van der Waals surface area (Å²) >= 11 is 0. The molecule has 0 radical (unpaired) electrons. The van der Waals surface area contributed by atoms with E-state index in [0.29, 0.717) is 33.2 Å². The van der Waals surface area contributed by atoms with E-state index in [9.17, 15) is 23.7 Å². The second-order valence-electron chi connectivity index (χ2n) is 8.87. The molecular weight excluding hydrogens is 489 g/mol. The lowest BCUT2D eigenvalue weighted by atomic mass is 9.86. The average Bonchev–Trinajstić information content (AvgIpc) is 3.33. The molecule has 0 bridgehead atoms. The van der Waals surface area contributed by atoms with Crippen LogP contribution in [0.2, 0.25) is 0 Å². The number of aryl methyl sites for hydroxylation is 2. The molecule has 5 rings (SSSR count). The molecule has 0 N–H and O–H groups in total. The van der Waals surface area contributed by atoms with Crippen LogP contribution in [0.1, 0.15) is 45.3 Å². The maximum absolute atomic E-state index is 13.2. The van der Waals surface area contributed by atoms with Gasteiger partial charge in [-0.2, -0.15) is 23.7 Å². The second kappa shape index (κ2) is 9.45. The summed E-state index contributed by atoms with van der Waals surface area (Å²) in [6.45, 7) is 1.83. The van der Waals surface area contributed by atoms with Gasteiger partial charge in [0.05, 0.1) is 23.3 Å². The number of nitrogens with zero attached hydrogens (tertiary/aromatic N) is 6. The van der Waals surface area contributed by atoms with Crippen molar-refractivity contribution in [3.05, 3.63) is 113 Å². The largest absolute Gasteiger partial charge is 0.433 e. The molecule has 3 heterocycles. The molecule has 0 aliphatic heterocycles. The first kappa shape index (κ1) is 24.7. The molecule has 1 atom stereocenters. The second-order valence-corrected chi connectivity index (χ2v) is 8.87. The van der Waals surface area contributed by atoms with E-state index in [0.717, 1.165) is 22.9 Å². The highest BCUT2D eigenvalue weighted by molar-refractivity contribution is 5.95. The van der Waals surface area contributed by atoms with Crippen molar-refractivity contribution in [3.63, 3.8) is 0 Å². The quantitative estimate of drug-likeness (QED) is 0.285. The lowest BCUT2D eigenvalue weighted by molar-refractivity contribution is -0.141. The minimum atomic E-state index is -4.56. The van der Waals surface area contributed by atoms with Crippen molar-refractivity contribution in [1.29, 1.82) is 10.5 Å². The molecule has 0 fully saturated rings. The van der Waals surface area contributed by atoms with Gasteiger partial charge in [0.15, 0.2) is 0 Å². The summed E-state index contributed by atoms with van der Waals surface area (Å²) in [6, 6.07) is 19.6. The zero-order valence-electron chi connectivity index (χ0n) is 20.3. The van der Waals surface area contributed by atoms with E-state index in [1.165, 1.54) is 12.3 Å². The Hall–Kier alpha value is -5.02. The fourth-order valence-electron chi connectivity index (χ4n) is 4.74. The summed E-state index contributed by atoms with van der Waals surface area (Å²) in [5, 5.41) is 20.7. The summed E-state index contributed by atoms with van der Waals surface area (Å²) < 4.78 is 41.4. The number of rotatable bonds is 4. The number of nitriles is 2. The van der Waals surface area contributed by atoms with Gasteiger partial charge in [-0.1, -0.05) is 42.5 Å². The molecule has 0 aliphatic carbocycles. The molecule has 5 aromatic rings. The highest BCUT2D eigenvalue weighted by atomic mass is 19.4. The number of benzene rings is 2. The molecule has 38 heavy (non-hydrogen) atoms. The molecular formula is C29H19F3N6. The maximum atomic E-state index is 13.2. The Morgan fingerprint density at radius 1 is 0.947 bits per heavy atom. The van der Waals surface area contributed by atoms with Crippen LogP contribution >= 0.6 is 0 Å². The number of hydrogen-bond donors (Lipinski definition) is 0. The average molecular weight is 509 g/mol. The van der Waals surface area contributed by atoms with E-state index in [-0.39, 0.29) is 5.69 Å². The van der Waals surface area contributed by atoms with Crippen LogP contribution in [-0.2, 0) is 13.2 Å². The fourth-order valence-corrected chi connectivity index (χ4v) is 4.74. The number of alkyl halides is 3. The zero-order valence-corrected chi connectivity index (χ0v) is 20.3. The van der Waals surface area contributed by atoms with Crippen molar-refractivity contribution >= 4 is 10.9 Å². The van der Waals surface area contributed by atoms with Crippen LogP contribution in [0.4, 0.5) is 13.2 Å². The van der Waals surface area contributed by atoms with Gasteiger partial charge in [-0.05, 0) is 41.3 Å². The first-order valence-corrected chi connectivity index (χ1v) is 11.6. The monoisotopic (exact) mass is 508 g/mol. The highest BCUT2D eigenvalue weighted by Gasteiger charge is 2.33. The van der Waals surface area contributed by atoms with Gasteiger partial charge in [0.25, 0.3) is 0 Å². The smallest absolute Gasteiger partial charge is 0.337 e. The van der Waals surface area contributed by atoms with Gasteiger partial charge >= 0.3 is 6.18 Å². The highest BCUT2D eigenvalue weighted by Crippen LogP contribution is 2.38. The van der Waals surface area contributed by atoms with Crippen molar-refractivity contribution in [3.8, 4) is 23.3 Å². The molecule has 3 aromatic heterocycles. The Kier molecular flexibility index (Phi) is 6.14. The Morgan fingerprint density at radius 3 is 2.29 bits per heavy atom. The number of halogens is 3. The van der Waals surface area contributed by atoms with Gasteiger partial charge < -0.3 is 4.57 Å². The lowest BCUT2D eigenvalue weighted by Crippen LogP contribution is -2.12. The summed E-state index contributed by atoms with van der Waals surface area (Å²) in [6.07, 6.45) is -0.0698. The SMILES string of the molecule is Cc1cc(C(c2ccc(C(F)(F)F)nc2)c2cncn2C)cc2c(C#N)c(-c3ccccc3)c(C#N)nc12. The molecule has 0 aliphatic rings. The van der Waals surface area contributed by atoms with Crippen molar-refractivity contribution in [2.45, 2.75) is 19.0 Å². The molecule has 0 saturated carbocycles. The van der Waals surface area contributed by atoms with E-state index in [4.69, 9.17) is 0 Å². The Labute approximate surface area is 216 Å². The van der Waals surface area contributed by atoms with Crippen molar-refractivity contribution < 1.29 is 13.2 Å². The molecule has 2 aromatic carbocycles. The third kappa shape index (κ3) is 4.25. The number of hydrogen-bond acceptors (Lipinski definition) is 5. The topological polar surface area (TPSA) is 91.2 Å². The van der Waals surface area contributed by atoms with Crippen molar-refractivity contribution in [1.82, 2.24) is 19.5 Å². The van der Waals surface area contributed by atoms with E-state index in [1.807, 2.05) is 49.4 Å². The Bertz CT molecular complexity index is 1740. The van der Waals surface area contributed by atoms with Crippen LogP contribution in [0.3, 0.4) is 0 Å². The summed E-state index contributed by atoms with van der Waals surface area (Å²) in [7, 11) is 1.80. The van der Waals surface area contributed by atoms with Gasteiger partial charge in [-0.15, -0.1) is 0 Å². The first-order chi connectivity index (χ1) is 18.2. The Balaban J connectivity index is 1.79. The molecule has 6 nitrogen and oxygen atoms in total. The number of imidazole rings is 1.